The molecule has 36 heavy (non-hydrogen) atoms. The minimum Gasteiger partial charge on any atom is -0.383 e. The van der Waals surface area contributed by atoms with Crippen LogP contribution in [0.15, 0.2) is 36.2 Å². The lowest BCUT2D eigenvalue weighted by atomic mass is 9.91. The Morgan fingerprint density at radius 2 is 2.06 bits per heavy atom. The second-order valence-corrected chi connectivity index (χ2v) is 12.2. The summed E-state index contributed by atoms with van der Waals surface area (Å²) in [5.41, 5.74) is 6.77. The first-order valence-corrected chi connectivity index (χ1v) is 14.0. The number of phosphoric ester groups is 1. The predicted molar refractivity (Wildman–Crippen MR) is 130 cm³/mol. The third kappa shape index (κ3) is 4.15. The highest BCUT2D eigenvalue weighted by atomic mass is 32.1. The van der Waals surface area contributed by atoms with Crippen LogP contribution in [0.5, 0.6) is 0 Å². The van der Waals surface area contributed by atoms with Crippen LogP contribution < -0.4 is 5.73 Å². The highest BCUT2D eigenvalue weighted by Gasteiger charge is 2.64. The zero-order valence-electron chi connectivity index (χ0n) is 20.0. The van der Waals surface area contributed by atoms with Gasteiger partial charge in [-0.2, -0.15) is 0 Å². The van der Waals surface area contributed by atoms with Gasteiger partial charge in [-0.15, -0.1) is 11.3 Å². The number of hydrogen-bond donors (Lipinski definition) is 1. The summed E-state index contributed by atoms with van der Waals surface area (Å²) >= 11 is 1.47. The number of nitrogens with zero attached hydrogens (tertiary/aromatic N) is 3. The molecule has 3 saturated heterocycles. The van der Waals surface area contributed by atoms with Gasteiger partial charge in [0.2, 0.25) is 0 Å². The van der Waals surface area contributed by atoms with E-state index in [9.17, 15) is 4.57 Å². The van der Waals surface area contributed by atoms with Crippen LogP contribution in [0.2, 0.25) is 0 Å². The molecular formula is C23H27N4O7PS. The number of hydrogen-bond acceptors (Lipinski definition) is 12. The smallest absolute Gasteiger partial charge is 0.383 e. The maximum Gasteiger partial charge on any atom is 0.475 e. The molecule has 13 heteroatoms. The summed E-state index contributed by atoms with van der Waals surface area (Å²) in [4.78, 5) is 13.4. The molecule has 0 spiro atoms. The molecule has 0 saturated carbocycles. The van der Waals surface area contributed by atoms with Gasteiger partial charge in [0.25, 0.3) is 0 Å². The Hall–Kier alpha value is -2.02. The fourth-order valence-corrected chi connectivity index (χ4v) is 7.70. The lowest BCUT2D eigenvalue weighted by Crippen LogP contribution is -2.40. The SMILES string of the molecule is CC1(C)O[C@@H]2[C@@H](CO[P@@]3(=O)OCC[C@@H](c4ccncc4)O3)O[C@@H](c3scc4c(N)ncnc34)[C@]2(C)O1. The number of pyridine rings is 1. The lowest BCUT2D eigenvalue weighted by molar-refractivity contribution is -0.205. The van der Waals surface area contributed by atoms with Crippen LogP contribution in [-0.2, 0) is 32.3 Å². The van der Waals surface area contributed by atoms with Crippen molar-refractivity contribution in [2.45, 2.75) is 63.0 Å². The van der Waals surface area contributed by atoms with Crippen LogP contribution in [0.1, 0.15) is 49.8 Å². The quantitative estimate of drug-likeness (QED) is 0.468. The zero-order chi connectivity index (χ0) is 25.1. The fraction of sp³-hybridized carbons (Fsp3) is 0.522. The average Bonchev–Trinajstić information content (AvgIpc) is 3.46. The molecule has 3 fully saturated rings. The Labute approximate surface area is 211 Å². The van der Waals surface area contributed by atoms with Crippen molar-refractivity contribution in [1.82, 2.24) is 15.0 Å². The largest absolute Gasteiger partial charge is 0.475 e. The number of aromatic nitrogens is 3. The van der Waals surface area contributed by atoms with Gasteiger partial charge in [-0.25, -0.2) is 14.5 Å². The van der Waals surface area contributed by atoms with Crippen LogP contribution in [0.3, 0.4) is 0 Å². The van der Waals surface area contributed by atoms with E-state index in [1.165, 1.54) is 17.7 Å². The molecule has 0 unspecified atom stereocenters. The van der Waals surface area contributed by atoms with Gasteiger partial charge in [0.1, 0.15) is 36.1 Å². The predicted octanol–water partition coefficient (Wildman–Crippen LogP) is 4.32. The number of fused-ring (bicyclic) bond motifs is 2. The Balaban J connectivity index is 1.25. The van der Waals surface area contributed by atoms with Crippen molar-refractivity contribution in [3.05, 3.63) is 46.7 Å². The summed E-state index contributed by atoms with van der Waals surface area (Å²) in [5, 5.41) is 2.67. The van der Waals surface area contributed by atoms with Crippen LogP contribution in [0, 0.1) is 0 Å². The summed E-state index contributed by atoms with van der Waals surface area (Å²) in [7, 11) is -3.83. The van der Waals surface area contributed by atoms with Crippen molar-refractivity contribution in [2.75, 3.05) is 18.9 Å². The normalized spacial score (nSPS) is 35.8. The third-order valence-electron chi connectivity index (χ3n) is 6.66. The van der Waals surface area contributed by atoms with Crippen LogP contribution in [-0.4, -0.2) is 51.8 Å². The van der Waals surface area contributed by atoms with E-state index in [1.807, 2.05) is 38.3 Å². The second-order valence-electron chi connectivity index (χ2n) is 9.64. The van der Waals surface area contributed by atoms with E-state index in [0.717, 1.165) is 15.8 Å². The van der Waals surface area contributed by atoms with Gasteiger partial charge in [0.15, 0.2) is 5.79 Å². The molecule has 3 aliphatic rings. The Kier molecular flexibility index (Phi) is 5.93. The zero-order valence-corrected chi connectivity index (χ0v) is 21.7. The van der Waals surface area contributed by atoms with Gasteiger partial charge in [-0.3, -0.25) is 18.6 Å². The van der Waals surface area contributed by atoms with E-state index in [-0.39, 0.29) is 13.2 Å². The van der Waals surface area contributed by atoms with E-state index in [1.54, 1.807) is 12.4 Å². The minimum atomic E-state index is -3.83. The molecular weight excluding hydrogens is 507 g/mol. The molecule has 6 heterocycles. The van der Waals surface area contributed by atoms with Gasteiger partial charge < -0.3 is 19.9 Å². The van der Waals surface area contributed by atoms with Gasteiger partial charge in [-0.05, 0) is 38.5 Å². The number of rotatable bonds is 5. The van der Waals surface area contributed by atoms with Crippen molar-refractivity contribution < 1.29 is 32.3 Å². The van der Waals surface area contributed by atoms with E-state index in [4.69, 9.17) is 33.5 Å². The van der Waals surface area contributed by atoms with E-state index in [0.29, 0.717) is 17.8 Å². The van der Waals surface area contributed by atoms with Crippen molar-refractivity contribution in [3.8, 4) is 0 Å². The molecule has 6 atom stereocenters. The number of phosphoric acid groups is 1. The number of anilines is 1. The molecule has 3 aromatic rings. The molecule has 0 amide bonds. The van der Waals surface area contributed by atoms with Gasteiger partial charge in [-0.1, -0.05) is 0 Å². The fourth-order valence-electron chi connectivity index (χ4n) is 5.15. The molecule has 0 aliphatic carbocycles. The molecule has 2 N–H and O–H groups in total. The molecule has 3 aromatic heterocycles. The van der Waals surface area contributed by atoms with Crippen LogP contribution in [0.4, 0.5) is 5.82 Å². The molecule has 192 valence electrons. The first kappa shape index (κ1) is 24.3. The summed E-state index contributed by atoms with van der Waals surface area (Å²) in [6.45, 7) is 5.83. The van der Waals surface area contributed by atoms with E-state index < -0.39 is 43.6 Å². The van der Waals surface area contributed by atoms with E-state index >= 15 is 0 Å². The Bertz CT molecular complexity index is 1320. The highest BCUT2D eigenvalue weighted by molar-refractivity contribution is 7.48. The number of thiophene rings is 1. The van der Waals surface area contributed by atoms with Crippen molar-refractivity contribution in [2.24, 2.45) is 0 Å². The maximum absolute atomic E-state index is 13.4. The molecule has 0 radical (unpaired) electrons. The number of ether oxygens (including phenoxy) is 3. The summed E-state index contributed by atoms with van der Waals surface area (Å²) < 4.78 is 49.5. The topological polar surface area (TPSA) is 137 Å². The maximum atomic E-state index is 13.4. The lowest BCUT2D eigenvalue weighted by Gasteiger charge is -2.30. The van der Waals surface area contributed by atoms with Crippen molar-refractivity contribution >= 4 is 35.9 Å². The van der Waals surface area contributed by atoms with Crippen molar-refractivity contribution in [1.29, 1.82) is 0 Å². The number of nitrogens with two attached hydrogens (primary N) is 1. The monoisotopic (exact) mass is 534 g/mol. The Morgan fingerprint density at radius 3 is 2.86 bits per heavy atom. The average molecular weight is 535 g/mol. The van der Waals surface area contributed by atoms with Gasteiger partial charge in [0.05, 0.1) is 35.1 Å². The minimum absolute atomic E-state index is 0.0724. The van der Waals surface area contributed by atoms with Crippen LogP contribution >= 0.6 is 19.2 Å². The van der Waals surface area contributed by atoms with E-state index in [2.05, 4.69) is 15.0 Å². The number of nitrogen functional groups attached to an aromatic ring is 1. The third-order valence-corrected chi connectivity index (χ3v) is 9.15. The van der Waals surface area contributed by atoms with Gasteiger partial charge in [0, 0.05) is 24.2 Å². The summed E-state index contributed by atoms with van der Waals surface area (Å²) in [5.74, 6) is -0.450. The molecule has 0 aromatic carbocycles. The first-order valence-electron chi connectivity index (χ1n) is 11.7. The second kappa shape index (κ2) is 8.78. The molecule has 3 aliphatic heterocycles. The summed E-state index contributed by atoms with van der Waals surface area (Å²) in [6, 6.07) is 3.65. The molecule has 11 nitrogen and oxygen atoms in total. The van der Waals surface area contributed by atoms with Crippen molar-refractivity contribution in [3.63, 3.8) is 0 Å². The highest BCUT2D eigenvalue weighted by Crippen LogP contribution is 2.59. The Morgan fingerprint density at radius 1 is 1.25 bits per heavy atom. The van der Waals surface area contributed by atoms with Crippen LogP contribution in [0.25, 0.3) is 10.9 Å². The van der Waals surface area contributed by atoms with Gasteiger partial charge >= 0.3 is 7.82 Å². The summed E-state index contributed by atoms with van der Waals surface area (Å²) in [6.07, 6.45) is 3.29. The standard InChI is InChI=1S/C23H27N4O7PS/c1-22(2)32-19-16(10-30-35(28)29-9-6-15(33-35)13-4-7-25-8-5-13)31-20(23(19,3)34-22)18-17-14(11-36-18)21(24)27-12-26-17/h4-5,7-8,11-12,15-16,19-20H,6,9-10H2,1-3H3,(H2,24,26,27)/t15-,16+,19+,20-,23+,35+/m0/s1. The molecule has 0 bridgehead atoms. The first-order chi connectivity index (χ1) is 17.2. The molecule has 6 rings (SSSR count).